The summed E-state index contributed by atoms with van der Waals surface area (Å²) in [6.45, 7) is 9.06. The topological polar surface area (TPSA) is 24.1 Å². The molecule has 2 saturated carbocycles. The zero-order valence-electron chi connectivity index (χ0n) is 16.3. The van der Waals surface area contributed by atoms with Crippen LogP contribution in [0.1, 0.15) is 70.1 Å². The maximum atomic E-state index is 5.68. The van der Waals surface area contributed by atoms with Gasteiger partial charge in [0.1, 0.15) is 0 Å². The van der Waals surface area contributed by atoms with Crippen LogP contribution in [0, 0.1) is 17.8 Å². The number of nitrogens with one attached hydrogen (secondary N) is 2. The Bertz CT molecular complexity index is 597. The monoisotopic (exact) mass is 358 g/mol. The Kier molecular flexibility index (Phi) is 6.04. The Morgan fingerprint density at radius 2 is 1.80 bits per heavy atom. The number of benzene rings is 1. The van der Waals surface area contributed by atoms with Gasteiger partial charge < -0.3 is 10.6 Å². The molecule has 3 unspecified atom stereocenters. The van der Waals surface area contributed by atoms with E-state index < -0.39 is 0 Å². The van der Waals surface area contributed by atoms with Gasteiger partial charge in [-0.2, -0.15) is 0 Å². The van der Waals surface area contributed by atoms with E-state index in [0.717, 1.165) is 36.2 Å². The van der Waals surface area contributed by atoms with Crippen molar-refractivity contribution in [3.05, 3.63) is 28.8 Å². The highest BCUT2D eigenvalue weighted by molar-refractivity contribution is 7.80. The van der Waals surface area contributed by atoms with E-state index in [0.29, 0.717) is 12.0 Å². The van der Waals surface area contributed by atoms with Crippen LogP contribution in [0.15, 0.2) is 12.1 Å². The fourth-order valence-corrected chi connectivity index (χ4v) is 5.14. The molecule has 3 rings (SSSR count). The van der Waals surface area contributed by atoms with Crippen molar-refractivity contribution in [2.75, 3.05) is 5.32 Å². The summed E-state index contributed by atoms with van der Waals surface area (Å²) in [5.41, 5.74) is 5.50. The van der Waals surface area contributed by atoms with Gasteiger partial charge in [-0.05, 0) is 85.2 Å². The van der Waals surface area contributed by atoms with Crippen molar-refractivity contribution in [3.63, 3.8) is 0 Å². The highest BCUT2D eigenvalue weighted by Crippen LogP contribution is 2.44. The molecule has 2 bridgehead atoms. The zero-order chi connectivity index (χ0) is 18.0. The maximum Gasteiger partial charge on any atom is 0.171 e. The lowest BCUT2D eigenvalue weighted by molar-refractivity contribution is 0.392. The highest BCUT2D eigenvalue weighted by atomic mass is 32.1. The smallest absolute Gasteiger partial charge is 0.171 e. The van der Waals surface area contributed by atoms with Gasteiger partial charge in [-0.1, -0.05) is 46.2 Å². The minimum Gasteiger partial charge on any atom is -0.359 e. The first-order valence-electron chi connectivity index (χ1n) is 10.2. The van der Waals surface area contributed by atoms with E-state index in [2.05, 4.69) is 50.5 Å². The molecule has 1 aromatic carbocycles. The summed E-state index contributed by atoms with van der Waals surface area (Å²) >= 11 is 5.68. The predicted octanol–water partition coefficient (Wildman–Crippen LogP) is 5.48. The van der Waals surface area contributed by atoms with Gasteiger partial charge in [0, 0.05) is 11.7 Å². The number of hydrogen-bond acceptors (Lipinski definition) is 1. The van der Waals surface area contributed by atoms with E-state index in [4.69, 9.17) is 12.2 Å². The Labute approximate surface area is 159 Å². The van der Waals surface area contributed by atoms with Crippen molar-refractivity contribution in [3.8, 4) is 0 Å². The Morgan fingerprint density at radius 1 is 1.12 bits per heavy atom. The fourth-order valence-electron chi connectivity index (χ4n) is 4.89. The first-order valence-corrected chi connectivity index (χ1v) is 10.6. The second-order valence-electron chi connectivity index (χ2n) is 8.47. The van der Waals surface area contributed by atoms with Gasteiger partial charge in [-0.25, -0.2) is 0 Å². The summed E-state index contributed by atoms with van der Waals surface area (Å²) < 4.78 is 0. The van der Waals surface area contributed by atoms with Crippen LogP contribution < -0.4 is 10.6 Å². The molecule has 3 atom stereocenters. The molecule has 2 aliphatic carbocycles. The van der Waals surface area contributed by atoms with E-state index in [1.54, 1.807) is 0 Å². The molecule has 0 heterocycles. The molecule has 0 radical (unpaired) electrons. The second-order valence-corrected chi connectivity index (χ2v) is 8.88. The number of anilines is 1. The van der Waals surface area contributed by atoms with Gasteiger partial charge in [0.2, 0.25) is 0 Å². The van der Waals surface area contributed by atoms with E-state index >= 15 is 0 Å². The molecule has 2 N–H and O–H groups in total. The first kappa shape index (κ1) is 18.7. The van der Waals surface area contributed by atoms with Crippen molar-refractivity contribution in [2.24, 2.45) is 17.8 Å². The van der Waals surface area contributed by atoms with E-state index in [-0.39, 0.29) is 0 Å². The third kappa shape index (κ3) is 4.36. The molecule has 2 nitrogen and oxygen atoms in total. The standard InChI is InChI=1S/C22H34N2S/c1-5-17-11-16(9-14(3)4)12-18(6-2)21(17)24-22(25)23-20-13-15-7-8-19(20)10-15/h11-12,14-15,19-20H,5-10,13H2,1-4H3,(H2,23,24,25). The molecule has 2 aliphatic rings. The summed E-state index contributed by atoms with van der Waals surface area (Å²) in [4.78, 5) is 0. The lowest BCUT2D eigenvalue weighted by Gasteiger charge is -2.26. The second kappa shape index (κ2) is 8.07. The quantitative estimate of drug-likeness (QED) is 0.658. The van der Waals surface area contributed by atoms with Crippen LogP contribution in [0.3, 0.4) is 0 Å². The third-order valence-electron chi connectivity index (χ3n) is 6.06. The molecule has 3 heteroatoms. The van der Waals surface area contributed by atoms with Gasteiger partial charge in [0.15, 0.2) is 5.11 Å². The molecule has 0 aliphatic heterocycles. The summed E-state index contributed by atoms with van der Waals surface area (Å²) in [7, 11) is 0. The number of rotatable bonds is 6. The van der Waals surface area contributed by atoms with Gasteiger partial charge >= 0.3 is 0 Å². The van der Waals surface area contributed by atoms with Gasteiger partial charge in [-0.15, -0.1) is 0 Å². The molecule has 0 saturated heterocycles. The van der Waals surface area contributed by atoms with Crippen molar-refractivity contribution < 1.29 is 0 Å². The van der Waals surface area contributed by atoms with Crippen LogP contribution >= 0.6 is 12.2 Å². The molecule has 2 fully saturated rings. The molecule has 138 valence electrons. The number of thiocarbonyl (C=S) groups is 1. The average Bonchev–Trinajstić information content (AvgIpc) is 3.18. The van der Waals surface area contributed by atoms with Gasteiger partial charge in [0.05, 0.1) is 0 Å². The van der Waals surface area contributed by atoms with Crippen LogP contribution in [0.25, 0.3) is 0 Å². The number of hydrogen-bond donors (Lipinski definition) is 2. The number of fused-ring (bicyclic) bond motifs is 2. The normalized spacial score (nSPS) is 24.8. The van der Waals surface area contributed by atoms with E-state index in [1.165, 1.54) is 48.1 Å². The summed E-state index contributed by atoms with van der Waals surface area (Å²) in [5.74, 6) is 2.47. The summed E-state index contributed by atoms with van der Waals surface area (Å²) in [6, 6.07) is 5.35. The minimum absolute atomic E-state index is 0.592. The SMILES string of the molecule is CCc1cc(CC(C)C)cc(CC)c1NC(=S)NC1CC2CCC1C2. The van der Waals surface area contributed by atoms with Crippen molar-refractivity contribution in [2.45, 2.75) is 78.7 Å². The Hall–Kier alpha value is -1.09. The summed E-state index contributed by atoms with van der Waals surface area (Å²) in [5, 5.41) is 8.01. The number of aryl methyl sites for hydroxylation is 2. The minimum atomic E-state index is 0.592. The first-order chi connectivity index (χ1) is 12.0. The van der Waals surface area contributed by atoms with Crippen molar-refractivity contribution >= 4 is 23.0 Å². The molecule has 0 aromatic heterocycles. The largest absolute Gasteiger partial charge is 0.359 e. The predicted molar refractivity (Wildman–Crippen MR) is 112 cm³/mol. The molecule has 25 heavy (non-hydrogen) atoms. The highest BCUT2D eigenvalue weighted by Gasteiger charge is 2.39. The van der Waals surface area contributed by atoms with Gasteiger partial charge in [-0.3, -0.25) is 0 Å². The fraction of sp³-hybridized carbons (Fsp3) is 0.682. The average molecular weight is 359 g/mol. The van der Waals surface area contributed by atoms with Crippen LogP contribution in [0.4, 0.5) is 5.69 Å². The molecular formula is C22H34N2S. The van der Waals surface area contributed by atoms with E-state index in [9.17, 15) is 0 Å². The zero-order valence-corrected chi connectivity index (χ0v) is 17.1. The Balaban J connectivity index is 1.72. The van der Waals surface area contributed by atoms with Gasteiger partial charge in [0.25, 0.3) is 0 Å². The molecule has 0 spiro atoms. The molecule has 1 aromatic rings. The molecule has 0 amide bonds. The maximum absolute atomic E-state index is 5.68. The van der Waals surface area contributed by atoms with Crippen LogP contribution in [-0.4, -0.2) is 11.2 Å². The van der Waals surface area contributed by atoms with E-state index in [1.807, 2.05) is 0 Å². The lowest BCUT2D eigenvalue weighted by atomic mass is 9.94. The Morgan fingerprint density at radius 3 is 2.28 bits per heavy atom. The third-order valence-corrected chi connectivity index (χ3v) is 6.28. The summed E-state index contributed by atoms with van der Waals surface area (Å²) in [6.07, 6.45) is 8.76. The lowest BCUT2D eigenvalue weighted by Crippen LogP contribution is -2.41. The van der Waals surface area contributed by atoms with Crippen LogP contribution in [-0.2, 0) is 19.3 Å². The van der Waals surface area contributed by atoms with Crippen molar-refractivity contribution in [1.29, 1.82) is 0 Å². The van der Waals surface area contributed by atoms with Crippen LogP contribution in [0.5, 0.6) is 0 Å². The van der Waals surface area contributed by atoms with Crippen LogP contribution in [0.2, 0.25) is 0 Å². The van der Waals surface area contributed by atoms with Crippen molar-refractivity contribution in [1.82, 2.24) is 5.32 Å². The molecular weight excluding hydrogens is 324 g/mol.